The predicted octanol–water partition coefficient (Wildman–Crippen LogP) is 4.39. The molecule has 0 bridgehead atoms. The first-order chi connectivity index (χ1) is 23.2. The van der Waals surface area contributed by atoms with E-state index in [9.17, 15) is 14.4 Å². The fraction of sp³-hybridized carbons (Fsp3) is 0.273. The van der Waals surface area contributed by atoms with Gasteiger partial charge in [-0.05, 0) is 66.9 Å². The minimum absolute atomic E-state index is 0.172. The van der Waals surface area contributed by atoms with Crippen LogP contribution in [0.25, 0.3) is 0 Å². The Hall–Kier alpha value is -5.63. The number of nitrogens with one attached hydrogen (secondary N) is 3. The van der Waals surface area contributed by atoms with Gasteiger partial charge in [0, 0.05) is 5.70 Å². The lowest BCUT2D eigenvalue weighted by Gasteiger charge is -2.28. The Balaban J connectivity index is 1.18. The molecule has 14 nitrogen and oxygen atoms in total. The molecular weight excluding hydrogens is 648 g/mol. The molecule has 3 aromatic rings. The maximum atomic E-state index is 12.6. The fourth-order valence-electron chi connectivity index (χ4n) is 4.90. The molecule has 3 amide bonds. The summed E-state index contributed by atoms with van der Waals surface area (Å²) in [6, 6.07) is 12.4. The van der Waals surface area contributed by atoms with Gasteiger partial charge in [0.2, 0.25) is 6.79 Å². The van der Waals surface area contributed by atoms with Gasteiger partial charge in [0.15, 0.2) is 41.1 Å². The van der Waals surface area contributed by atoms with Gasteiger partial charge < -0.3 is 43.8 Å². The van der Waals surface area contributed by atoms with Crippen molar-refractivity contribution in [2.24, 2.45) is 5.10 Å². The number of carbonyl (C=O) groups is 3. The Bertz CT molecular complexity index is 1780. The molecule has 15 heteroatoms. The minimum atomic E-state index is -0.791. The average molecular weight is 681 g/mol. The smallest absolute Gasteiger partial charge is 0.338 e. The second kappa shape index (κ2) is 15.3. The summed E-state index contributed by atoms with van der Waals surface area (Å²) >= 11 is 6.49. The second-order valence-corrected chi connectivity index (χ2v) is 10.7. The van der Waals surface area contributed by atoms with E-state index in [1.54, 1.807) is 44.2 Å². The molecule has 0 spiro atoms. The monoisotopic (exact) mass is 680 g/mol. The van der Waals surface area contributed by atoms with Crippen molar-refractivity contribution in [1.82, 2.24) is 16.1 Å². The molecule has 252 valence electrons. The first-order valence-electron chi connectivity index (χ1n) is 14.7. The number of ether oxygens (including phenoxy) is 7. The topological polar surface area (TPSA) is 164 Å². The Labute approximate surface area is 280 Å². The van der Waals surface area contributed by atoms with Crippen molar-refractivity contribution in [3.63, 3.8) is 0 Å². The van der Waals surface area contributed by atoms with Gasteiger partial charge in [-0.15, -0.1) is 0 Å². The molecule has 0 radical (unpaired) electrons. The van der Waals surface area contributed by atoms with Crippen LogP contribution in [0.5, 0.6) is 34.5 Å². The molecule has 0 aromatic heterocycles. The summed E-state index contributed by atoms with van der Waals surface area (Å²) in [5.41, 5.74) is 4.97. The lowest BCUT2D eigenvalue weighted by atomic mass is 9.95. The fourth-order valence-corrected chi connectivity index (χ4v) is 5.17. The number of nitrogens with zero attached hydrogens (tertiary/aromatic N) is 1. The number of methoxy groups -OCH3 is 2. The molecule has 3 aromatic carbocycles. The zero-order valence-electron chi connectivity index (χ0n) is 26.5. The van der Waals surface area contributed by atoms with Crippen LogP contribution in [-0.2, 0) is 20.9 Å². The van der Waals surface area contributed by atoms with Crippen molar-refractivity contribution >= 4 is 35.7 Å². The highest BCUT2D eigenvalue weighted by molar-refractivity contribution is 6.32. The van der Waals surface area contributed by atoms with E-state index >= 15 is 0 Å². The van der Waals surface area contributed by atoms with Crippen molar-refractivity contribution in [3.8, 4) is 34.5 Å². The molecule has 5 rings (SSSR count). The first kappa shape index (κ1) is 33.7. The maximum absolute atomic E-state index is 12.6. The van der Waals surface area contributed by atoms with E-state index in [1.807, 2.05) is 18.2 Å². The van der Waals surface area contributed by atoms with Crippen LogP contribution in [0.2, 0.25) is 5.02 Å². The number of fused-ring (bicyclic) bond motifs is 1. The van der Waals surface area contributed by atoms with Gasteiger partial charge >= 0.3 is 12.0 Å². The Morgan fingerprint density at radius 2 is 1.81 bits per heavy atom. The summed E-state index contributed by atoms with van der Waals surface area (Å²) in [6.07, 6.45) is 1.40. The van der Waals surface area contributed by atoms with Crippen LogP contribution in [0.15, 0.2) is 64.9 Å². The molecule has 0 fully saturated rings. The third-order valence-electron chi connectivity index (χ3n) is 7.12. The molecule has 2 heterocycles. The highest BCUT2D eigenvalue weighted by atomic mass is 35.5. The summed E-state index contributed by atoms with van der Waals surface area (Å²) in [5, 5.41) is 9.59. The first-order valence-corrected chi connectivity index (χ1v) is 15.0. The number of allylic oxidation sites excluding steroid dienone is 1. The molecule has 0 saturated carbocycles. The van der Waals surface area contributed by atoms with Crippen LogP contribution >= 0.6 is 11.6 Å². The zero-order chi connectivity index (χ0) is 34.2. The van der Waals surface area contributed by atoms with Crippen molar-refractivity contribution < 1.29 is 47.5 Å². The van der Waals surface area contributed by atoms with Gasteiger partial charge in [0.25, 0.3) is 5.91 Å². The van der Waals surface area contributed by atoms with E-state index in [2.05, 4.69) is 21.2 Å². The number of hydrazone groups is 1. The van der Waals surface area contributed by atoms with Crippen LogP contribution in [0.1, 0.15) is 36.6 Å². The summed E-state index contributed by atoms with van der Waals surface area (Å²) < 4.78 is 38.4. The number of rotatable bonds is 13. The number of hydrogen-bond donors (Lipinski definition) is 3. The number of esters is 1. The molecule has 2 aliphatic heterocycles. The summed E-state index contributed by atoms with van der Waals surface area (Å²) in [5.74, 6) is 1.46. The molecule has 48 heavy (non-hydrogen) atoms. The Morgan fingerprint density at radius 3 is 2.58 bits per heavy atom. The molecule has 0 unspecified atom stereocenters. The SMILES string of the molecule is CCOC(=O)C1=C(C)NC(=O)N[C@@H]1c1ccc(OCC(=O)N/N=C\c2cc(Cl)c(OCc3ccc4c(c3)OCO4)c(OC)c2)c(OC)c1. The van der Waals surface area contributed by atoms with Crippen LogP contribution in [-0.4, -0.2) is 58.3 Å². The lowest BCUT2D eigenvalue weighted by molar-refractivity contribution is -0.139. The van der Waals surface area contributed by atoms with E-state index in [-0.39, 0.29) is 48.7 Å². The second-order valence-electron chi connectivity index (χ2n) is 10.3. The van der Waals surface area contributed by atoms with E-state index < -0.39 is 23.9 Å². The maximum Gasteiger partial charge on any atom is 0.338 e. The van der Waals surface area contributed by atoms with Crippen molar-refractivity contribution in [2.75, 3.05) is 34.2 Å². The van der Waals surface area contributed by atoms with Crippen molar-refractivity contribution in [1.29, 1.82) is 0 Å². The standard InChI is InChI=1S/C33H33ClN4O10/c1-5-44-32(40)29-18(2)36-33(41)37-30(29)21-7-9-23(25(13-21)42-3)45-16-28(39)38-35-14-20-10-22(34)31(27(12-20)43-4)46-15-19-6-8-24-26(11-19)48-17-47-24/h6-14,30H,5,15-17H2,1-4H3,(H,38,39)(H2,36,37,41)/b35-14-/t30-/m1/s1. The van der Waals surface area contributed by atoms with Crippen molar-refractivity contribution in [2.45, 2.75) is 26.5 Å². The highest BCUT2D eigenvalue weighted by Crippen LogP contribution is 2.38. The number of carbonyl (C=O) groups excluding carboxylic acids is 3. The lowest BCUT2D eigenvalue weighted by Crippen LogP contribution is -2.45. The van der Waals surface area contributed by atoms with Crippen molar-refractivity contribution in [3.05, 3.63) is 81.5 Å². The highest BCUT2D eigenvalue weighted by Gasteiger charge is 2.32. The van der Waals surface area contributed by atoms with Crippen LogP contribution < -0.4 is 44.5 Å². The molecule has 3 N–H and O–H groups in total. The van der Waals surface area contributed by atoms with Gasteiger partial charge in [0.1, 0.15) is 6.61 Å². The zero-order valence-corrected chi connectivity index (χ0v) is 27.3. The normalized spacial score (nSPS) is 15.0. The van der Waals surface area contributed by atoms with E-state index in [4.69, 9.17) is 44.8 Å². The summed E-state index contributed by atoms with van der Waals surface area (Å²) in [6.45, 7) is 3.49. The van der Waals surface area contributed by atoms with E-state index in [0.29, 0.717) is 39.8 Å². The van der Waals surface area contributed by atoms with Gasteiger partial charge in [-0.3, -0.25) is 4.79 Å². The molecule has 1 atom stereocenters. The number of halogens is 1. The quantitative estimate of drug-likeness (QED) is 0.134. The van der Waals surface area contributed by atoms with Gasteiger partial charge in [0.05, 0.1) is 43.7 Å². The van der Waals surface area contributed by atoms with Gasteiger partial charge in [-0.25, -0.2) is 15.0 Å². The van der Waals surface area contributed by atoms with Gasteiger partial charge in [-0.2, -0.15) is 5.10 Å². The average Bonchev–Trinajstić information content (AvgIpc) is 3.54. The number of benzene rings is 3. The third-order valence-corrected chi connectivity index (χ3v) is 7.40. The molecule has 0 saturated heterocycles. The summed E-state index contributed by atoms with van der Waals surface area (Å²) in [7, 11) is 2.91. The number of amides is 3. The van der Waals surface area contributed by atoms with Crippen LogP contribution in [0.3, 0.4) is 0 Å². The molecule has 0 aliphatic carbocycles. The Kier molecular flexibility index (Phi) is 10.8. The van der Waals surface area contributed by atoms with E-state index in [0.717, 1.165) is 5.56 Å². The minimum Gasteiger partial charge on any atom is -0.493 e. The molecule has 2 aliphatic rings. The van der Waals surface area contributed by atoms with E-state index in [1.165, 1.54) is 20.4 Å². The summed E-state index contributed by atoms with van der Waals surface area (Å²) in [4.78, 5) is 37.3. The number of hydrogen-bond acceptors (Lipinski definition) is 11. The largest absolute Gasteiger partial charge is 0.493 e. The van der Waals surface area contributed by atoms with Gasteiger partial charge in [-0.1, -0.05) is 23.7 Å². The number of urea groups is 1. The Morgan fingerprint density at radius 1 is 1.02 bits per heavy atom. The van der Waals surface area contributed by atoms with Crippen LogP contribution in [0.4, 0.5) is 4.79 Å². The predicted molar refractivity (Wildman–Crippen MR) is 173 cm³/mol. The van der Waals surface area contributed by atoms with Crippen LogP contribution in [0, 0.1) is 0 Å². The third kappa shape index (κ3) is 7.83. The molecular formula is C33H33ClN4O10.